The summed E-state index contributed by atoms with van der Waals surface area (Å²) in [6.45, 7) is 6.07. The molecule has 1 heterocycles. The fourth-order valence-electron chi connectivity index (χ4n) is 3.81. The number of carbonyl (C=O) groups is 1. The number of Topliss-reactive ketones (excluding diaryl/α,β-unsaturated/α-hetero) is 1. The van der Waals surface area contributed by atoms with Crippen LogP contribution in [0.5, 0.6) is 5.75 Å². The van der Waals surface area contributed by atoms with Crippen LogP contribution >= 0.6 is 0 Å². The monoisotopic (exact) mass is 322 g/mol. The first-order chi connectivity index (χ1) is 11.4. The molecule has 0 aromatic heterocycles. The number of ketones is 1. The van der Waals surface area contributed by atoms with E-state index in [9.17, 15) is 10.1 Å². The highest BCUT2D eigenvalue weighted by Crippen LogP contribution is 2.47. The topological polar surface area (TPSA) is 62.4 Å². The molecule has 0 fully saturated rings. The summed E-state index contributed by atoms with van der Waals surface area (Å²) >= 11 is 0. The van der Waals surface area contributed by atoms with E-state index in [1.54, 1.807) is 7.11 Å². The second-order valence-electron chi connectivity index (χ2n) is 7.42. The van der Waals surface area contributed by atoms with Crippen molar-refractivity contribution in [2.45, 2.75) is 39.5 Å². The quantitative estimate of drug-likeness (QED) is 0.825. The van der Waals surface area contributed by atoms with Crippen molar-refractivity contribution >= 4 is 11.5 Å². The minimum atomic E-state index is -0.416. The number of rotatable bonds is 2. The van der Waals surface area contributed by atoms with Crippen LogP contribution in [-0.4, -0.2) is 18.6 Å². The SMILES string of the molecule is COc1cccc(C2C3=C(CC(C)(C)CC3=O)N=C(C)C2C#N)c1. The van der Waals surface area contributed by atoms with Crippen LogP contribution in [0, 0.1) is 22.7 Å². The average molecular weight is 322 g/mol. The zero-order valence-corrected chi connectivity index (χ0v) is 14.6. The summed E-state index contributed by atoms with van der Waals surface area (Å²) in [5, 5.41) is 9.70. The predicted octanol–water partition coefficient (Wildman–Crippen LogP) is 4.04. The molecule has 0 saturated carbocycles. The second kappa shape index (κ2) is 5.90. The Bertz CT molecular complexity index is 796. The zero-order chi connectivity index (χ0) is 17.5. The maximum atomic E-state index is 12.9. The van der Waals surface area contributed by atoms with Crippen molar-refractivity contribution in [3.8, 4) is 11.8 Å². The van der Waals surface area contributed by atoms with Crippen molar-refractivity contribution in [2.75, 3.05) is 7.11 Å². The number of methoxy groups -OCH3 is 1. The Kier molecular flexibility index (Phi) is 4.04. The molecule has 4 heteroatoms. The molecule has 4 nitrogen and oxygen atoms in total. The van der Waals surface area contributed by atoms with Gasteiger partial charge in [-0.1, -0.05) is 26.0 Å². The van der Waals surface area contributed by atoms with Crippen molar-refractivity contribution in [3.05, 3.63) is 41.1 Å². The Labute approximate surface area is 142 Å². The number of aliphatic imine (C=N–C) groups is 1. The summed E-state index contributed by atoms with van der Waals surface area (Å²) < 4.78 is 5.32. The summed E-state index contributed by atoms with van der Waals surface area (Å²) in [4.78, 5) is 17.5. The van der Waals surface area contributed by atoms with Crippen LogP contribution in [0.3, 0.4) is 0 Å². The highest BCUT2D eigenvalue weighted by molar-refractivity contribution is 6.03. The van der Waals surface area contributed by atoms with Crippen LogP contribution in [0.4, 0.5) is 0 Å². The normalized spacial score (nSPS) is 25.6. The van der Waals surface area contributed by atoms with Gasteiger partial charge in [0.1, 0.15) is 5.75 Å². The fraction of sp³-hybridized carbons (Fsp3) is 0.450. The number of ether oxygens (including phenoxy) is 1. The standard InChI is InChI=1S/C20H22N2O2/c1-12-15(11-21)18(13-6-5-7-14(8-13)24-4)19-16(22-12)9-20(2,3)10-17(19)23/h5-8,15,18H,9-10H2,1-4H3. The summed E-state index contributed by atoms with van der Waals surface area (Å²) in [7, 11) is 1.62. The van der Waals surface area contributed by atoms with Gasteiger partial charge < -0.3 is 4.74 Å². The van der Waals surface area contributed by atoms with E-state index in [1.165, 1.54) is 0 Å². The molecule has 0 N–H and O–H groups in total. The van der Waals surface area contributed by atoms with E-state index in [1.807, 2.05) is 31.2 Å². The van der Waals surface area contributed by atoms with Gasteiger partial charge in [0.25, 0.3) is 0 Å². The van der Waals surface area contributed by atoms with Crippen molar-refractivity contribution in [1.82, 2.24) is 0 Å². The summed E-state index contributed by atoms with van der Waals surface area (Å²) in [5.74, 6) is 0.169. The summed E-state index contributed by atoms with van der Waals surface area (Å²) in [6, 6.07) is 10.0. The van der Waals surface area contributed by atoms with Crippen LogP contribution in [-0.2, 0) is 4.79 Å². The first-order valence-electron chi connectivity index (χ1n) is 8.21. The van der Waals surface area contributed by atoms with Crippen LogP contribution < -0.4 is 4.74 Å². The molecule has 2 atom stereocenters. The lowest BCUT2D eigenvalue weighted by atomic mass is 9.67. The highest BCUT2D eigenvalue weighted by atomic mass is 16.5. The number of hydrogen-bond acceptors (Lipinski definition) is 4. The number of nitrogens with zero attached hydrogens (tertiary/aromatic N) is 2. The Morgan fingerprint density at radius 1 is 1.33 bits per heavy atom. The molecule has 124 valence electrons. The van der Waals surface area contributed by atoms with Gasteiger partial charge in [0.05, 0.1) is 19.1 Å². The molecule has 0 bridgehead atoms. The number of hydrogen-bond donors (Lipinski definition) is 0. The molecule has 1 aromatic carbocycles. The number of carbonyl (C=O) groups excluding carboxylic acids is 1. The molecular weight excluding hydrogens is 300 g/mol. The molecule has 24 heavy (non-hydrogen) atoms. The number of allylic oxidation sites excluding steroid dienone is 2. The first-order valence-corrected chi connectivity index (χ1v) is 8.21. The molecule has 0 radical (unpaired) electrons. The average Bonchev–Trinajstić information content (AvgIpc) is 2.52. The third kappa shape index (κ3) is 2.75. The van der Waals surface area contributed by atoms with Gasteiger partial charge in [-0.25, -0.2) is 0 Å². The maximum Gasteiger partial charge on any atom is 0.161 e. The van der Waals surface area contributed by atoms with Crippen molar-refractivity contribution < 1.29 is 9.53 Å². The van der Waals surface area contributed by atoms with E-state index in [2.05, 4.69) is 24.9 Å². The smallest absolute Gasteiger partial charge is 0.161 e. The van der Waals surface area contributed by atoms with Gasteiger partial charge in [-0.05, 0) is 36.5 Å². The Morgan fingerprint density at radius 2 is 2.08 bits per heavy atom. The third-order valence-electron chi connectivity index (χ3n) is 4.89. The third-order valence-corrected chi connectivity index (χ3v) is 4.89. The molecule has 0 amide bonds. The predicted molar refractivity (Wildman–Crippen MR) is 93.0 cm³/mol. The van der Waals surface area contributed by atoms with Gasteiger partial charge in [-0.2, -0.15) is 5.26 Å². The van der Waals surface area contributed by atoms with E-state index in [4.69, 9.17) is 4.74 Å². The van der Waals surface area contributed by atoms with Crippen molar-refractivity contribution in [1.29, 1.82) is 5.26 Å². The van der Waals surface area contributed by atoms with Crippen molar-refractivity contribution in [3.63, 3.8) is 0 Å². The first kappa shape index (κ1) is 16.4. The molecule has 3 rings (SSSR count). The lowest BCUT2D eigenvalue weighted by molar-refractivity contribution is -0.118. The van der Waals surface area contributed by atoms with E-state index >= 15 is 0 Å². The molecule has 1 aliphatic heterocycles. The van der Waals surface area contributed by atoms with Crippen LogP contribution in [0.25, 0.3) is 0 Å². The molecule has 2 aliphatic rings. The van der Waals surface area contributed by atoms with Gasteiger partial charge >= 0.3 is 0 Å². The van der Waals surface area contributed by atoms with Gasteiger partial charge in [-0.3, -0.25) is 9.79 Å². The Morgan fingerprint density at radius 3 is 2.75 bits per heavy atom. The lowest BCUT2D eigenvalue weighted by Gasteiger charge is -2.37. The Balaban J connectivity index is 2.18. The molecule has 1 aliphatic carbocycles. The van der Waals surface area contributed by atoms with Crippen molar-refractivity contribution in [2.24, 2.45) is 16.3 Å². The van der Waals surface area contributed by atoms with Gasteiger partial charge in [0, 0.05) is 29.3 Å². The molecule has 0 spiro atoms. The summed E-state index contributed by atoms with van der Waals surface area (Å²) in [6.07, 6.45) is 1.27. The van der Waals surface area contributed by atoms with Gasteiger partial charge in [-0.15, -0.1) is 0 Å². The largest absolute Gasteiger partial charge is 0.497 e. The zero-order valence-electron chi connectivity index (χ0n) is 14.6. The van der Waals surface area contributed by atoms with Gasteiger partial charge in [0.2, 0.25) is 0 Å². The lowest BCUT2D eigenvalue weighted by Crippen LogP contribution is -2.35. The highest BCUT2D eigenvalue weighted by Gasteiger charge is 2.43. The second-order valence-corrected chi connectivity index (χ2v) is 7.42. The van der Waals surface area contributed by atoms with Crippen LogP contribution in [0.15, 0.2) is 40.5 Å². The van der Waals surface area contributed by atoms with E-state index < -0.39 is 5.92 Å². The molecular formula is C20H22N2O2. The number of nitriles is 1. The fourth-order valence-corrected chi connectivity index (χ4v) is 3.81. The van der Waals surface area contributed by atoms with E-state index in [0.717, 1.165) is 34.7 Å². The minimum Gasteiger partial charge on any atom is -0.497 e. The maximum absolute atomic E-state index is 12.9. The number of benzene rings is 1. The van der Waals surface area contributed by atoms with Gasteiger partial charge in [0.15, 0.2) is 5.78 Å². The summed E-state index contributed by atoms with van der Waals surface area (Å²) in [5.41, 5.74) is 3.22. The van der Waals surface area contributed by atoms with E-state index in [-0.39, 0.29) is 17.1 Å². The van der Waals surface area contributed by atoms with E-state index in [0.29, 0.717) is 6.42 Å². The molecule has 2 unspecified atom stereocenters. The molecule has 0 saturated heterocycles. The van der Waals surface area contributed by atoms with Crippen LogP contribution in [0.1, 0.15) is 45.1 Å². The minimum absolute atomic E-state index is 0.0852. The van der Waals surface area contributed by atoms with Crippen LogP contribution in [0.2, 0.25) is 0 Å². The molecule has 1 aromatic rings. The Hall–Kier alpha value is -2.41.